The highest BCUT2D eigenvalue weighted by atomic mass is 19.1. The fraction of sp³-hybridized carbons (Fsp3) is 0.417. The molecule has 9 heteroatoms. The second-order valence-corrected chi connectivity index (χ2v) is 8.43. The fourth-order valence-electron chi connectivity index (χ4n) is 3.94. The summed E-state index contributed by atoms with van der Waals surface area (Å²) in [5.74, 6) is 0.139. The summed E-state index contributed by atoms with van der Waals surface area (Å²) in [6, 6.07) is 7.47. The Morgan fingerprint density at radius 2 is 2.03 bits per heavy atom. The van der Waals surface area contributed by atoms with Gasteiger partial charge in [0, 0.05) is 25.6 Å². The molecule has 0 radical (unpaired) electrons. The smallest absolute Gasteiger partial charge is 0.226 e. The van der Waals surface area contributed by atoms with E-state index in [1.165, 1.54) is 18.5 Å². The highest BCUT2D eigenvalue weighted by molar-refractivity contribution is 5.93. The summed E-state index contributed by atoms with van der Waals surface area (Å²) < 4.78 is 24.7. The number of likely N-dealkylation sites (tertiary alicyclic amines) is 1. The third-order valence-electron chi connectivity index (χ3n) is 5.83. The van der Waals surface area contributed by atoms with E-state index in [-0.39, 0.29) is 17.6 Å². The molecule has 1 atom stereocenters. The van der Waals surface area contributed by atoms with E-state index in [9.17, 15) is 14.0 Å². The molecule has 1 aliphatic rings. The van der Waals surface area contributed by atoms with Crippen molar-refractivity contribution in [3.63, 3.8) is 0 Å². The lowest BCUT2D eigenvalue weighted by Crippen LogP contribution is -2.52. The summed E-state index contributed by atoms with van der Waals surface area (Å²) in [5, 5.41) is 6.71. The van der Waals surface area contributed by atoms with E-state index in [4.69, 9.17) is 8.94 Å². The third-order valence-corrected chi connectivity index (χ3v) is 5.83. The number of ketones is 1. The number of halogens is 1. The number of oxazole rings is 1. The van der Waals surface area contributed by atoms with E-state index in [1.54, 1.807) is 24.3 Å². The van der Waals surface area contributed by atoms with Gasteiger partial charge in [-0.15, -0.1) is 0 Å². The minimum atomic E-state index is -0.421. The van der Waals surface area contributed by atoms with Gasteiger partial charge >= 0.3 is 0 Å². The molecule has 4 rings (SSSR count). The lowest BCUT2D eigenvalue weighted by Gasteiger charge is -2.35. The molecule has 0 spiro atoms. The Hall–Kier alpha value is -3.33. The first-order valence-electron chi connectivity index (χ1n) is 11.1. The number of carbonyl (C=O) groups is 2. The molecule has 1 N–H and O–H groups in total. The van der Waals surface area contributed by atoms with Gasteiger partial charge < -0.3 is 19.2 Å². The van der Waals surface area contributed by atoms with E-state index in [2.05, 4.69) is 20.4 Å². The SMILES string of the molecule is CN1CC(C(=O)NC(CCCCCC(=O)c2ccon2)c2ncc(-c3ccccc3F)o2)C1. The Morgan fingerprint density at radius 3 is 2.76 bits per heavy atom. The molecule has 3 aromatic rings. The standard InChI is InChI=1S/C24H27FN4O4/c1-29-14-16(15-29)23(31)27-20(9-3-2-4-10-21(30)19-11-12-32-28-19)24-26-13-22(33-24)17-7-5-6-8-18(17)25/h5-8,11-13,16,20H,2-4,9-10,14-15H2,1H3,(H,27,31). The zero-order chi connectivity index (χ0) is 23.2. The molecule has 33 heavy (non-hydrogen) atoms. The molecule has 1 saturated heterocycles. The molecule has 0 aliphatic carbocycles. The van der Waals surface area contributed by atoms with E-state index in [1.807, 2.05) is 7.05 Å². The van der Waals surface area contributed by atoms with Crippen LogP contribution in [-0.2, 0) is 4.79 Å². The average molecular weight is 455 g/mol. The molecule has 1 unspecified atom stereocenters. The molecule has 1 aliphatic heterocycles. The summed E-state index contributed by atoms with van der Waals surface area (Å²) in [6.45, 7) is 1.43. The monoisotopic (exact) mass is 454 g/mol. The second-order valence-electron chi connectivity index (χ2n) is 8.43. The molecule has 1 fully saturated rings. The normalized spacial score (nSPS) is 15.2. The maximum absolute atomic E-state index is 14.1. The number of hydrogen-bond donors (Lipinski definition) is 1. The summed E-state index contributed by atoms with van der Waals surface area (Å²) >= 11 is 0. The zero-order valence-electron chi connectivity index (χ0n) is 18.5. The molecule has 0 bridgehead atoms. The lowest BCUT2D eigenvalue weighted by molar-refractivity contribution is -0.130. The Kier molecular flexibility index (Phi) is 7.29. The van der Waals surface area contributed by atoms with E-state index < -0.39 is 11.9 Å². The molecule has 1 amide bonds. The van der Waals surface area contributed by atoms with Crippen molar-refractivity contribution in [3.05, 3.63) is 60.2 Å². The predicted molar refractivity (Wildman–Crippen MR) is 118 cm³/mol. The third kappa shape index (κ3) is 5.73. The van der Waals surface area contributed by atoms with E-state index >= 15 is 0 Å². The van der Waals surface area contributed by atoms with Gasteiger partial charge in [0.05, 0.1) is 17.7 Å². The van der Waals surface area contributed by atoms with Crippen LogP contribution in [0.25, 0.3) is 11.3 Å². The van der Waals surface area contributed by atoms with Crippen molar-refractivity contribution in [2.24, 2.45) is 5.92 Å². The number of nitrogens with one attached hydrogen (secondary N) is 1. The highest BCUT2D eigenvalue weighted by Gasteiger charge is 2.32. The van der Waals surface area contributed by atoms with Gasteiger partial charge in [-0.25, -0.2) is 9.37 Å². The molecule has 174 valence electrons. The summed E-state index contributed by atoms with van der Waals surface area (Å²) in [7, 11) is 1.97. The lowest BCUT2D eigenvalue weighted by atomic mass is 9.99. The predicted octanol–water partition coefficient (Wildman–Crippen LogP) is 4.02. The Morgan fingerprint density at radius 1 is 1.21 bits per heavy atom. The van der Waals surface area contributed by atoms with Crippen LogP contribution in [0.3, 0.4) is 0 Å². The van der Waals surface area contributed by atoms with Crippen LogP contribution in [0.5, 0.6) is 0 Å². The van der Waals surface area contributed by atoms with Crippen LogP contribution in [0.4, 0.5) is 4.39 Å². The van der Waals surface area contributed by atoms with Gasteiger partial charge in [0.1, 0.15) is 23.8 Å². The first kappa shape index (κ1) is 22.8. The molecular formula is C24H27FN4O4. The number of unbranched alkanes of at least 4 members (excludes halogenated alkanes) is 2. The number of nitrogens with zero attached hydrogens (tertiary/aromatic N) is 3. The largest absolute Gasteiger partial charge is 0.438 e. The van der Waals surface area contributed by atoms with E-state index in [0.29, 0.717) is 42.2 Å². The topological polar surface area (TPSA) is 101 Å². The maximum Gasteiger partial charge on any atom is 0.226 e. The number of hydrogen-bond acceptors (Lipinski definition) is 7. The van der Waals surface area contributed by atoms with Crippen LogP contribution in [0.2, 0.25) is 0 Å². The first-order valence-corrected chi connectivity index (χ1v) is 11.1. The van der Waals surface area contributed by atoms with Crippen LogP contribution in [0, 0.1) is 11.7 Å². The van der Waals surface area contributed by atoms with Gasteiger partial charge in [0.15, 0.2) is 11.5 Å². The van der Waals surface area contributed by atoms with E-state index in [0.717, 1.165) is 25.9 Å². The first-order chi connectivity index (χ1) is 16.0. The number of rotatable bonds is 11. The van der Waals surface area contributed by atoms with Crippen molar-refractivity contribution < 1.29 is 22.9 Å². The Balaban J connectivity index is 1.36. The van der Waals surface area contributed by atoms with Gasteiger partial charge in [-0.2, -0.15) is 0 Å². The molecule has 8 nitrogen and oxygen atoms in total. The number of Topliss-reactive ketones (excluding diaryl/α,β-unsaturated/α-hetero) is 1. The minimum absolute atomic E-state index is 0.0371. The zero-order valence-corrected chi connectivity index (χ0v) is 18.5. The van der Waals surface area contributed by atoms with Crippen LogP contribution < -0.4 is 5.32 Å². The molecule has 1 aromatic carbocycles. The summed E-state index contributed by atoms with van der Waals surface area (Å²) in [6.07, 6.45) is 6.11. The molecule has 0 saturated carbocycles. The average Bonchev–Trinajstić information content (AvgIpc) is 3.48. The summed E-state index contributed by atoms with van der Waals surface area (Å²) in [5.41, 5.74) is 0.666. The molecule has 2 aromatic heterocycles. The fourth-order valence-corrected chi connectivity index (χ4v) is 3.94. The van der Waals surface area contributed by atoms with Crippen molar-refractivity contribution in [2.45, 2.75) is 38.1 Å². The van der Waals surface area contributed by atoms with Crippen molar-refractivity contribution in [1.82, 2.24) is 20.4 Å². The van der Waals surface area contributed by atoms with Crippen LogP contribution in [0.15, 0.2) is 51.7 Å². The minimum Gasteiger partial charge on any atom is -0.438 e. The quantitative estimate of drug-likeness (QED) is 0.345. The van der Waals surface area contributed by atoms with Gasteiger partial charge in [-0.3, -0.25) is 9.59 Å². The van der Waals surface area contributed by atoms with Crippen molar-refractivity contribution >= 4 is 11.7 Å². The molecule has 3 heterocycles. The van der Waals surface area contributed by atoms with Gasteiger partial charge in [0.2, 0.25) is 11.8 Å². The van der Waals surface area contributed by atoms with Gasteiger partial charge in [-0.05, 0) is 32.0 Å². The number of aromatic nitrogens is 2. The van der Waals surface area contributed by atoms with Crippen LogP contribution in [0.1, 0.15) is 54.5 Å². The van der Waals surface area contributed by atoms with Gasteiger partial charge in [0.25, 0.3) is 0 Å². The van der Waals surface area contributed by atoms with Crippen molar-refractivity contribution in [2.75, 3.05) is 20.1 Å². The number of amides is 1. The summed E-state index contributed by atoms with van der Waals surface area (Å²) in [4.78, 5) is 31.1. The van der Waals surface area contributed by atoms with Crippen molar-refractivity contribution in [3.8, 4) is 11.3 Å². The van der Waals surface area contributed by atoms with Crippen molar-refractivity contribution in [1.29, 1.82) is 0 Å². The Labute approximate surface area is 191 Å². The van der Waals surface area contributed by atoms with Crippen LogP contribution >= 0.6 is 0 Å². The molecular weight excluding hydrogens is 427 g/mol. The maximum atomic E-state index is 14.1. The highest BCUT2D eigenvalue weighted by Crippen LogP contribution is 2.28. The second kappa shape index (κ2) is 10.5. The number of benzene rings is 1. The number of carbonyl (C=O) groups excluding carboxylic acids is 2. The Bertz CT molecular complexity index is 1080. The van der Waals surface area contributed by atoms with Gasteiger partial charge in [-0.1, -0.05) is 30.1 Å². The van der Waals surface area contributed by atoms with Crippen LogP contribution in [-0.4, -0.2) is 46.9 Å².